The fourth-order valence-corrected chi connectivity index (χ4v) is 1.48. The zero-order chi connectivity index (χ0) is 12.5. The van der Waals surface area contributed by atoms with Crippen molar-refractivity contribution in [3.05, 3.63) is 29.0 Å². The van der Waals surface area contributed by atoms with Gasteiger partial charge >= 0.3 is 0 Å². The summed E-state index contributed by atoms with van der Waals surface area (Å²) in [5.74, 6) is -0.423. The van der Waals surface area contributed by atoms with Gasteiger partial charge in [0.25, 0.3) is 0 Å². The highest BCUT2D eigenvalue weighted by Crippen LogP contribution is 2.21. The van der Waals surface area contributed by atoms with Crippen LogP contribution in [0, 0.1) is 5.82 Å². The van der Waals surface area contributed by atoms with Gasteiger partial charge in [-0.05, 0) is 18.6 Å². The van der Waals surface area contributed by atoms with Crippen LogP contribution in [0.1, 0.15) is 6.42 Å². The zero-order valence-electron chi connectivity index (χ0n) is 9.84. The van der Waals surface area contributed by atoms with Crippen LogP contribution in [-0.4, -0.2) is 33.5 Å². The van der Waals surface area contributed by atoms with Crippen molar-refractivity contribution in [3.63, 3.8) is 0 Å². The van der Waals surface area contributed by atoms with Gasteiger partial charge in [-0.15, -0.1) is 0 Å². The molecule has 0 aliphatic heterocycles. The van der Waals surface area contributed by atoms with Crippen molar-refractivity contribution in [1.29, 1.82) is 0 Å². The van der Waals surface area contributed by atoms with Crippen LogP contribution < -0.4 is 5.32 Å². The Morgan fingerprint density at radius 3 is 2.88 bits per heavy atom. The van der Waals surface area contributed by atoms with Gasteiger partial charge in [0.2, 0.25) is 0 Å². The molecule has 0 atom stereocenters. The van der Waals surface area contributed by atoms with E-state index in [1.807, 2.05) is 0 Å². The minimum absolute atomic E-state index is 0.121. The summed E-state index contributed by atoms with van der Waals surface area (Å²) in [6, 6.07) is 4.86. The fraction of sp³-hybridized carbons (Fsp3) is 0.500. The number of hydrogen-bond acceptors (Lipinski definition) is 3. The van der Waals surface area contributed by atoms with E-state index < -0.39 is 5.82 Å². The molecule has 0 saturated heterocycles. The lowest BCUT2D eigenvalue weighted by molar-refractivity contribution is 0.109. The minimum atomic E-state index is -0.423. The molecule has 1 aromatic rings. The molecule has 3 nitrogen and oxygen atoms in total. The largest absolute Gasteiger partial charge is 0.385 e. The number of ether oxygens (including phenoxy) is 2. The summed E-state index contributed by atoms with van der Waals surface area (Å²) in [7, 11) is 1.66. The molecular weight excluding hydrogens is 245 g/mol. The predicted molar refractivity (Wildman–Crippen MR) is 67.2 cm³/mol. The molecule has 0 aromatic heterocycles. The Labute approximate surface area is 106 Å². The van der Waals surface area contributed by atoms with Crippen molar-refractivity contribution in [2.24, 2.45) is 0 Å². The van der Waals surface area contributed by atoms with E-state index >= 15 is 0 Å². The summed E-state index contributed by atoms with van der Waals surface area (Å²) in [5, 5.41) is 3.05. The first-order valence-corrected chi connectivity index (χ1v) is 5.88. The quantitative estimate of drug-likeness (QED) is 0.730. The second-order valence-electron chi connectivity index (χ2n) is 3.49. The Kier molecular flexibility index (Phi) is 6.93. The van der Waals surface area contributed by atoms with Crippen LogP contribution in [-0.2, 0) is 9.47 Å². The zero-order valence-corrected chi connectivity index (χ0v) is 10.6. The second-order valence-corrected chi connectivity index (χ2v) is 3.89. The molecule has 0 unspecified atom stereocenters. The van der Waals surface area contributed by atoms with Crippen LogP contribution in [0.5, 0.6) is 0 Å². The number of hydrogen-bond donors (Lipinski definition) is 1. The van der Waals surface area contributed by atoms with Crippen LogP contribution >= 0.6 is 11.6 Å². The minimum Gasteiger partial charge on any atom is -0.385 e. The van der Waals surface area contributed by atoms with E-state index in [2.05, 4.69) is 5.32 Å². The van der Waals surface area contributed by atoms with Gasteiger partial charge in [0.05, 0.1) is 17.3 Å². The van der Waals surface area contributed by atoms with Gasteiger partial charge in [-0.1, -0.05) is 17.7 Å². The van der Waals surface area contributed by atoms with Crippen LogP contribution in [0.4, 0.5) is 10.1 Å². The van der Waals surface area contributed by atoms with Gasteiger partial charge in [0.1, 0.15) is 0 Å². The summed E-state index contributed by atoms with van der Waals surface area (Å²) < 4.78 is 23.6. The maximum atomic E-state index is 13.4. The Balaban J connectivity index is 2.16. The summed E-state index contributed by atoms with van der Waals surface area (Å²) in [5.41, 5.74) is 0.401. The molecule has 0 heterocycles. The standard InChI is InChI=1S/C12H17ClFNO2/c1-16-7-3-8-17-9-6-15-11-5-2-4-10(13)12(11)14/h2,4-5,15H,3,6-9H2,1H3. The van der Waals surface area contributed by atoms with Crippen LogP contribution in [0.25, 0.3) is 0 Å². The molecule has 0 aliphatic rings. The Morgan fingerprint density at radius 2 is 2.12 bits per heavy atom. The summed E-state index contributed by atoms with van der Waals surface area (Å²) in [6.07, 6.45) is 0.863. The van der Waals surface area contributed by atoms with Crippen molar-refractivity contribution >= 4 is 17.3 Å². The molecule has 1 N–H and O–H groups in total. The van der Waals surface area contributed by atoms with E-state index in [1.165, 1.54) is 6.07 Å². The highest BCUT2D eigenvalue weighted by Gasteiger charge is 2.04. The molecule has 1 rings (SSSR count). The molecule has 0 saturated carbocycles. The normalized spacial score (nSPS) is 10.5. The number of rotatable bonds is 8. The second kappa shape index (κ2) is 8.28. The third kappa shape index (κ3) is 5.35. The Hall–Kier alpha value is -0.840. The van der Waals surface area contributed by atoms with E-state index in [4.69, 9.17) is 21.1 Å². The number of nitrogens with one attached hydrogen (secondary N) is 1. The lowest BCUT2D eigenvalue weighted by Crippen LogP contribution is -2.11. The van der Waals surface area contributed by atoms with E-state index in [0.29, 0.717) is 32.1 Å². The number of methoxy groups -OCH3 is 1. The first-order valence-electron chi connectivity index (χ1n) is 5.50. The lowest BCUT2D eigenvalue weighted by atomic mass is 10.3. The van der Waals surface area contributed by atoms with Crippen LogP contribution in [0.2, 0.25) is 5.02 Å². The van der Waals surface area contributed by atoms with Gasteiger partial charge < -0.3 is 14.8 Å². The third-order valence-corrected chi connectivity index (χ3v) is 2.44. The van der Waals surface area contributed by atoms with Crippen molar-refractivity contribution in [2.75, 3.05) is 38.8 Å². The van der Waals surface area contributed by atoms with Crippen molar-refractivity contribution in [2.45, 2.75) is 6.42 Å². The van der Waals surface area contributed by atoms with E-state index in [0.717, 1.165) is 6.42 Å². The molecule has 17 heavy (non-hydrogen) atoms. The molecule has 0 fully saturated rings. The highest BCUT2D eigenvalue weighted by molar-refractivity contribution is 6.31. The lowest BCUT2D eigenvalue weighted by Gasteiger charge is -2.08. The molecule has 0 bridgehead atoms. The maximum absolute atomic E-state index is 13.4. The Morgan fingerprint density at radius 1 is 1.29 bits per heavy atom. The van der Waals surface area contributed by atoms with Crippen molar-refractivity contribution in [1.82, 2.24) is 0 Å². The molecular formula is C12H17ClFNO2. The maximum Gasteiger partial charge on any atom is 0.164 e. The van der Waals surface area contributed by atoms with Crippen LogP contribution in [0.15, 0.2) is 18.2 Å². The molecule has 0 amide bonds. The summed E-state index contributed by atoms with van der Waals surface area (Å²) in [6.45, 7) is 2.41. The van der Waals surface area contributed by atoms with Gasteiger partial charge in [-0.3, -0.25) is 0 Å². The predicted octanol–water partition coefficient (Wildman–Crippen LogP) is 2.94. The SMILES string of the molecule is COCCCOCCNc1cccc(Cl)c1F. The van der Waals surface area contributed by atoms with Crippen LogP contribution in [0.3, 0.4) is 0 Å². The summed E-state index contributed by atoms with van der Waals surface area (Å²) in [4.78, 5) is 0. The monoisotopic (exact) mass is 261 g/mol. The average molecular weight is 262 g/mol. The molecule has 1 aromatic carbocycles. The third-order valence-electron chi connectivity index (χ3n) is 2.15. The van der Waals surface area contributed by atoms with Gasteiger partial charge in [0, 0.05) is 26.9 Å². The smallest absolute Gasteiger partial charge is 0.164 e. The number of benzene rings is 1. The topological polar surface area (TPSA) is 30.5 Å². The number of anilines is 1. The average Bonchev–Trinajstić information content (AvgIpc) is 2.33. The Bertz CT molecular complexity index is 336. The highest BCUT2D eigenvalue weighted by atomic mass is 35.5. The van der Waals surface area contributed by atoms with E-state index in [1.54, 1.807) is 19.2 Å². The summed E-state index contributed by atoms with van der Waals surface area (Å²) >= 11 is 5.65. The number of halogens is 2. The molecule has 0 aliphatic carbocycles. The van der Waals surface area contributed by atoms with Crippen molar-refractivity contribution < 1.29 is 13.9 Å². The molecule has 0 spiro atoms. The molecule has 5 heteroatoms. The molecule has 96 valence electrons. The fourth-order valence-electron chi connectivity index (χ4n) is 1.31. The van der Waals surface area contributed by atoms with Gasteiger partial charge in [0.15, 0.2) is 5.82 Å². The van der Waals surface area contributed by atoms with Gasteiger partial charge in [-0.25, -0.2) is 4.39 Å². The first kappa shape index (κ1) is 14.2. The molecule has 0 radical (unpaired) electrons. The van der Waals surface area contributed by atoms with E-state index in [-0.39, 0.29) is 5.02 Å². The van der Waals surface area contributed by atoms with E-state index in [9.17, 15) is 4.39 Å². The van der Waals surface area contributed by atoms with Crippen molar-refractivity contribution in [3.8, 4) is 0 Å². The van der Waals surface area contributed by atoms with Gasteiger partial charge in [-0.2, -0.15) is 0 Å². The first-order chi connectivity index (χ1) is 8.25.